The third-order valence-electron chi connectivity index (χ3n) is 5.44. The first-order valence-electron chi connectivity index (χ1n) is 12.0. The Balaban J connectivity index is 1.31. The van der Waals surface area contributed by atoms with Crippen molar-refractivity contribution in [3.63, 3.8) is 0 Å². The van der Waals surface area contributed by atoms with Gasteiger partial charge in [0.25, 0.3) is 21.8 Å². The molecule has 0 atom stereocenters. The van der Waals surface area contributed by atoms with E-state index in [0.29, 0.717) is 22.7 Å². The summed E-state index contributed by atoms with van der Waals surface area (Å²) in [6.07, 6.45) is 1.39. The van der Waals surface area contributed by atoms with E-state index in [1.54, 1.807) is 72.8 Å². The van der Waals surface area contributed by atoms with Crippen LogP contribution < -0.4 is 19.8 Å². The van der Waals surface area contributed by atoms with E-state index in [-0.39, 0.29) is 11.5 Å². The summed E-state index contributed by atoms with van der Waals surface area (Å²) in [6, 6.07) is 28.1. The highest BCUT2D eigenvalue weighted by Crippen LogP contribution is 2.23. The van der Waals surface area contributed by atoms with Gasteiger partial charge in [-0.15, -0.1) is 0 Å². The molecular formula is C29H25FN4O5S. The predicted molar refractivity (Wildman–Crippen MR) is 150 cm³/mol. The minimum atomic E-state index is -4.00. The number of para-hydroxylation sites is 1. The average molecular weight is 561 g/mol. The fraction of sp³-hybridized carbons (Fsp3) is 0.0690. The number of hydrogen-bond acceptors (Lipinski definition) is 6. The van der Waals surface area contributed by atoms with Crippen LogP contribution in [0.4, 0.5) is 15.8 Å². The van der Waals surface area contributed by atoms with Crippen LogP contribution in [0.2, 0.25) is 0 Å². The van der Waals surface area contributed by atoms with Crippen molar-refractivity contribution in [2.45, 2.75) is 4.90 Å². The Labute approximate surface area is 231 Å². The number of hydrazone groups is 1. The summed E-state index contributed by atoms with van der Waals surface area (Å²) in [5.74, 6) is -1.01. The number of hydrogen-bond donors (Lipinski definition) is 2. The molecule has 2 N–H and O–H groups in total. The van der Waals surface area contributed by atoms with Crippen LogP contribution in [0.3, 0.4) is 0 Å². The summed E-state index contributed by atoms with van der Waals surface area (Å²) in [5, 5.41) is 6.52. The Kier molecular flexibility index (Phi) is 9.21. The second-order valence-corrected chi connectivity index (χ2v) is 10.2. The van der Waals surface area contributed by atoms with Gasteiger partial charge in [0.05, 0.1) is 16.8 Å². The van der Waals surface area contributed by atoms with E-state index in [2.05, 4.69) is 15.8 Å². The highest BCUT2D eigenvalue weighted by molar-refractivity contribution is 7.92. The Morgan fingerprint density at radius 3 is 2.10 bits per heavy atom. The van der Waals surface area contributed by atoms with Crippen molar-refractivity contribution in [3.05, 3.63) is 121 Å². The zero-order valence-corrected chi connectivity index (χ0v) is 21.9. The van der Waals surface area contributed by atoms with Crippen LogP contribution in [-0.2, 0) is 19.6 Å². The maximum absolute atomic E-state index is 13.3. The fourth-order valence-electron chi connectivity index (χ4n) is 3.50. The Bertz CT molecular complexity index is 1560. The van der Waals surface area contributed by atoms with Gasteiger partial charge in [0.15, 0.2) is 6.61 Å². The first kappa shape index (κ1) is 28.0. The van der Waals surface area contributed by atoms with Gasteiger partial charge in [0.1, 0.15) is 18.1 Å². The Hall–Kier alpha value is -5.03. The number of carbonyl (C=O) groups is 2. The number of carbonyl (C=O) groups excluding carboxylic acids is 2. The lowest BCUT2D eigenvalue weighted by atomic mass is 10.2. The number of anilines is 2. The van der Waals surface area contributed by atoms with E-state index < -0.39 is 34.2 Å². The number of halogens is 1. The summed E-state index contributed by atoms with van der Waals surface area (Å²) >= 11 is 0. The van der Waals surface area contributed by atoms with Gasteiger partial charge in [-0.3, -0.25) is 13.9 Å². The largest absolute Gasteiger partial charge is 0.484 e. The molecule has 0 spiro atoms. The number of nitrogens with zero attached hydrogens (tertiary/aromatic N) is 2. The molecule has 0 fully saturated rings. The molecule has 0 heterocycles. The van der Waals surface area contributed by atoms with Gasteiger partial charge >= 0.3 is 0 Å². The second-order valence-electron chi connectivity index (χ2n) is 8.37. The molecule has 0 saturated carbocycles. The standard InChI is InChI=1S/C29H25FN4O5S/c30-23-13-15-24(16-14-23)32-29(36)21-39-26-17-11-22(12-18-26)19-31-33-28(35)20-34(25-7-3-1-4-8-25)40(37,38)27-9-5-2-6-10-27/h1-19H,20-21H2,(H,32,36)(H,33,35)/b31-19-. The molecule has 4 aromatic rings. The van der Waals surface area contributed by atoms with Gasteiger partial charge in [-0.1, -0.05) is 36.4 Å². The van der Waals surface area contributed by atoms with E-state index in [4.69, 9.17) is 4.74 Å². The van der Waals surface area contributed by atoms with E-state index in [0.717, 1.165) is 4.31 Å². The van der Waals surface area contributed by atoms with E-state index in [1.807, 2.05) is 0 Å². The second kappa shape index (κ2) is 13.2. The molecule has 4 aromatic carbocycles. The number of benzene rings is 4. The molecule has 0 aromatic heterocycles. The molecule has 0 saturated heterocycles. The predicted octanol–water partition coefficient (Wildman–Crippen LogP) is 4.19. The highest BCUT2D eigenvalue weighted by atomic mass is 32.2. The summed E-state index contributed by atoms with van der Waals surface area (Å²) in [5.41, 5.74) is 3.77. The van der Waals surface area contributed by atoms with Crippen molar-refractivity contribution in [1.29, 1.82) is 0 Å². The van der Waals surface area contributed by atoms with Crippen molar-refractivity contribution in [3.8, 4) is 5.75 Å². The van der Waals surface area contributed by atoms with Crippen LogP contribution in [0.5, 0.6) is 5.75 Å². The topological polar surface area (TPSA) is 117 Å². The Morgan fingerprint density at radius 2 is 1.45 bits per heavy atom. The van der Waals surface area contributed by atoms with Crippen molar-refractivity contribution in [1.82, 2.24) is 5.43 Å². The van der Waals surface area contributed by atoms with Crippen molar-refractivity contribution in [2.75, 3.05) is 22.8 Å². The van der Waals surface area contributed by atoms with Gasteiger partial charge in [-0.2, -0.15) is 5.10 Å². The maximum Gasteiger partial charge on any atom is 0.264 e. The van der Waals surface area contributed by atoms with Crippen LogP contribution in [-0.4, -0.2) is 39.6 Å². The molecule has 40 heavy (non-hydrogen) atoms. The molecule has 0 aliphatic rings. The molecule has 0 aliphatic carbocycles. The lowest BCUT2D eigenvalue weighted by Crippen LogP contribution is -2.39. The number of amides is 2. The Morgan fingerprint density at radius 1 is 0.825 bits per heavy atom. The first-order valence-corrected chi connectivity index (χ1v) is 13.5. The number of sulfonamides is 1. The maximum atomic E-state index is 13.3. The zero-order valence-electron chi connectivity index (χ0n) is 21.1. The molecule has 9 nitrogen and oxygen atoms in total. The summed E-state index contributed by atoms with van der Waals surface area (Å²) in [4.78, 5) is 24.7. The third kappa shape index (κ3) is 7.74. The molecule has 4 rings (SSSR count). The van der Waals surface area contributed by atoms with Crippen molar-refractivity contribution in [2.24, 2.45) is 5.10 Å². The molecule has 11 heteroatoms. The van der Waals surface area contributed by atoms with Gasteiger partial charge in [0, 0.05) is 5.69 Å². The SMILES string of the molecule is O=C(CN(c1ccccc1)S(=O)(=O)c1ccccc1)N/N=C\c1ccc(OCC(=O)Nc2ccc(F)cc2)cc1. The zero-order chi connectivity index (χ0) is 28.4. The van der Waals surface area contributed by atoms with Crippen LogP contribution in [0.25, 0.3) is 0 Å². The minimum Gasteiger partial charge on any atom is -0.484 e. The molecule has 0 aliphatic heterocycles. The highest BCUT2D eigenvalue weighted by Gasteiger charge is 2.26. The lowest BCUT2D eigenvalue weighted by molar-refractivity contribution is -0.119. The molecule has 2 amide bonds. The summed E-state index contributed by atoms with van der Waals surface area (Å²) in [7, 11) is -4.00. The van der Waals surface area contributed by atoms with Gasteiger partial charge in [0.2, 0.25) is 0 Å². The summed E-state index contributed by atoms with van der Waals surface area (Å²) < 4.78 is 45.9. The van der Waals surface area contributed by atoms with E-state index >= 15 is 0 Å². The fourth-order valence-corrected chi connectivity index (χ4v) is 4.94. The van der Waals surface area contributed by atoms with Crippen molar-refractivity contribution >= 4 is 39.4 Å². The van der Waals surface area contributed by atoms with Crippen molar-refractivity contribution < 1.29 is 27.1 Å². The van der Waals surface area contributed by atoms with Crippen LogP contribution in [0.15, 0.2) is 119 Å². The molecule has 0 bridgehead atoms. The molecule has 204 valence electrons. The van der Waals surface area contributed by atoms with Crippen LogP contribution >= 0.6 is 0 Å². The number of ether oxygens (including phenoxy) is 1. The first-order chi connectivity index (χ1) is 19.3. The smallest absolute Gasteiger partial charge is 0.264 e. The quantitative estimate of drug-likeness (QED) is 0.211. The molecule has 0 unspecified atom stereocenters. The minimum absolute atomic E-state index is 0.0606. The number of nitrogens with one attached hydrogen (secondary N) is 2. The van der Waals surface area contributed by atoms with Crippen LogP contribution in [0.1, 0.15) is 5.56 Å². The molecular weight excluding hydrogens is 535 g/mol. The average Bonchev–Trinajstić information content (AvgIpc) is 2.97. The van der Waals surface area contributed by atoms with E-state index in [9.17, 15) is 22.4 Å². The normalized spacial score (nSPS) is 11.1. The van der Waals surface area contributed by atoms with Gasteiger partial charge in [-0.05, 0) is 78.4 Å². The van der Waals surface area contributed by atoms with Crippen LogP contribution in [0, 0.1) is 5.82 Å². The summed E-state index contributed by atoms with van der Waals surface area (Å²) in [6.45, 7) is -0.726. The van der Waals surface area contributed by atoms with E-state index in [1.165, 1.54) is 42.6 Å². The number of rotatable bonds is 11. The lowest BCUT2D eigenvalue weighted by Gasteiger charge is -2.23. The monoisotopic (exact) mass is 560 g/mol. The third-order valence-corrected chi connectivity index (χ3v) is 7.23. The molecule has 0 radical (unpaired) electrons. The van der Waals surface area contributed by atoms with Gasteiger partial charge < -0.3 is 10.1 Å². The van der Waals surface area contributed by atoms with Gasteiger partial charge in [-0.25, -0.2) is 18.2 Å².